The number of aryl methyl sites for hydroxylation is 1. The van der Waals surface area contributed by atoms with E-state index in [1.807, 2.05) is 7.05 Å². The highest BCUT2D eigenvalue weighted by atomic mass is 16.4. The average molecular weight is 239 g/mol. The molecule has 1 aromatic heterocycles. The number of carboxylic acids is 1. The van der Waals surface area contributed by atoms with Crippen LogP contribution >= 0.6 is 0 Å². The van der Waals surface area contributed by atoms with E-state index in [9.17, 15) is 4.79 Å². The molecular weight excluding hydrogens is 218 g/mol. The predicted molar refractivity (Wildman–Crippen MR) is 66.0 cm³/mol. The van der Waals surface area contributed by atoms with Crippen molar-refractivity contribution < 1.29 is 9.90 Å². The van der Waals surface area contributed by atoms with Gasteiger partial charge >= 0.3 is 5.97 Å². The number of hydrogen-bond acceptors (Lipinski definition) is 3. The van der Waals surface area contributed by atoms with Gasteiger partial charge in [-0.15, -0.1) is 0 Å². The smallest absolute Gasteiger partial charge is 0.339 e. The van der Waals surface area contributed by atoms with Crippen molar-refractivity contribution in [3.8, 4) is 0 Å². The number of rotatable bonds is 4. The van der Waals surface area contributed by atoms with Gasteiger partial charge in [0.1, 0.15) is 5.56 Å². The third-order valence-corrected chi connectivity index (χ3v) is 2.46. The van der Waals surface area contributed by atoms with Crippen molar-refractivity contribution in [2.24, 2.45) is 12.5 Å². The van der Waals surface area contributed by atoms with Crippen molar-refractivity contribution in [1.82, 2.24) is 14.7 Å². The second-order valence-corrected chi connectivity index (χ2v) is 5.67. The molecular formula is C12H21N3O2. The molecule has 0 aliphatic carbocycles. The molecule has 0 aliphatic heterocycles. The summed E-state index contributed by atoms with van der Waals surface area (Å²) in [5, 5.41) is 13.0. The lowest BCUT2D eigenvalue weighted by atomic mass is 9.96. The zero-order valence-electron chi connectivity index (χ0n) is 11.2. The summed E-state index contributed by atoms with van der Waals surface area (Å²) < 4.78 is 1.63. The van der Waals surface area contributed by atoms with Gasteiger partial charge in [-0.1, -0.05) is 20.8 Å². The fraction of sp³-hybridized carbons (Fsp3) is 0.667. The molecule has 0 aliphatic rings. The van der Waals surface area contributed by atoms with Crippen molar-refractivity contribution in [3.63, 3.8) is 0 Å². The summed E-state index contributed by atoms with van der Waals surface area (Å²) in [5.74, 6) is -0.919. The van der Waals surface area contributed by atoms with E-state index in [2.05, 4.69) is 30.8 Å². The Morgan fingerprint density at radius 2 is 2.12 bits per heavy atom. The first-order valence-corrected chi connectivity index (χ1v) is 5.63. The second-order valence-electron chi connectivity index (χ2n) is 5.67. The highest BCUT2D eigenvalue weighted by Crippen LogP contribution is 2.17. The summed E-state index contributed by atoms with van der Waals surface area (Å²) in [6, 6.07) is 0. The quantitative estimate of drug-likeness (QED) is 0.867. The van der Waals surface area contributed by atoms with Gasteiger partial charge in [-0.05, 0) is 12.5 Å². The van der Waals surface area contributed by atoms with Crippen LogP contribution < -0.4 is 0 Å². The Kier molecular flexibility index (Phi) is 3.93. The summed E-state index contributed by atoms with van der Waals surface area (Å²) in [6.07, 6.45) is 1.41. The Labute approximate surface area is 102 Å². The van der Waals surface area contributed by atoms with Crippen LogP contribution in [0.3, 0.4) is 0 Å². The molecule has 0 atom stereocenters. The normalized spacial score (nSPS) is 12.1. The standard InChI is InChI=1S/C12H21N3O2/c1-12(2,3)8-14(4)7-10-9(11(16)17)6-13-15(10)5/h6H,7-8H2,1-5H3,(H,16,17). The maximum atomic E-state index is 11.0. The molecule has 0 saturated heterocycles. The summed E-state index contributed by atoms with van der Waals surface area (Å²) in [6.45, 7) is 7.97. The van der Waals surface area contributed by atoms with Gasteiger partial charge < -0.3 is 10.0 Å². The summed E-state index contributed by atoms with van der Waals surface area (Å²) >= 11 is 0. The van der Waals surface area contributed by atoms with Crippen LogP contribution in [0.1, 0.15) is 36.8 Å². The zero-order valence-corrected chi connectivity index (χ0v) is 11.2. The van der Waals surface area contributed by atoms with E-state index in [0.29, 0.717) is 6.54 Å². The maximum absolute atomic E-state index is 11.0. The van der Waals surface area contributed by atoms with Crippen LogP contribution in [-0.2, 0) is 13.6 Å². The highest BCUT2D eigenvalue weighted by Gasteiger charge is 2.19. The number of hydrogen-bond donors (Lipinski definition) is 1. The Hall–Kier alpha value is -1.36. The molecule has 1 aromatic rings. The van der Waals surface area contributed by atoms with E-state index in [1.54, 1.807) is 11.7 Å². The maximum Gasteiger partial charge on any atom is 0.339 e. The molecule has 1 rings (SSSR count). The highest BCUT2D eigenvalue weighted by molar-refractivity contribution is 5.88. The van der Waals surface area contributed by atoms with E-state index in [0.717, 1.165) is 12.2 Å². The average Bonchev–Trinajstić information content (AvgIpc) is 2.44. The topological polar surface area (TPSA) is 58.4 Å². The van der Waals surface area contributed by atoms with Crippen molar-refractivity contribution in [1.29, 1.82) is 0 Å². The van der Waals surface area contributed by atoms with Crippen LogP contribution in [-0.4, -0.2) is 39.3 Å². The Bertz CT molecular complexity index is 404. The number of aromatic carboxylic acids is 1. The van der Waals surface area contributed by atoms with E-state index in [4.69, 9.17) is 5.11 Å². The Balaban J connectivity index is 2.81. The molecule has 5 heteroatoms. The third kappa shape index (κ3) is 3.85. The molecule has 1 heterocycles. The summed E-state index contributed by atoms with van der Waals surface area (Å²) in [5.41, 5.74) is 1.22. The molecule has 0 spiro atoms. The van der Waals surface area contributed by atoms with Gasteiger partial charge in [0.05, 0.1) is 11.9 Å². The number of aromatic nitrogens is 2. The van der Waals surface area contributed by atoms with E-state index < -0.39 is 5.97 Å². The molecule has 0 saturated carbocycles. The van der Waals surface area contributed by atoms with Crippen molar-refractivity contribution in [2.45, 2.75) is 27.3 Å². The first-order chi connectivity index (χ1) is 7.70. The molecule has 0 radical (unpaired) electrons. The lowest BCUT2D eigenvalue weighted by molar-refractivity contribution is 0.0694. The van der Waals surface area contributed by atoms with Gasteiger partial charge in [0.15, 0.2) is 0 Å². The molecule has 0 unspecified atom stereocenters. The lowest BCUT2D eigenvalue weighted by Crippen LogP contribution is -2.30. The van der Waals surface area contributed by atoms with E-state index in [1.165, 1.54) is 6.20 Å². The van der Waals surface area contributed by atoms with E-state index >= 15 is 0 Å². The van der Waals surface area contributed by atoms with Crippen molar-refractivity contribution >= 4 is 5.97 Å². The third-order valence-electron chi connectivity index (χ3n) is 2.46. The minimum absolute atomic E-state index is 0.191. The van der Waals surface area contributed by atoms with Crippen LogP contribution in [0, 0.1) is 5.41 Å². The zero-order chi connectivity index (χ0) is 13.2. The number of carboxylic acid groups (broad SMARTS) is 1. The summed E-state index contributed by atoms with van der Waals surface area (Å²) in [4.78, 5) is 13.1. The molecule has 96 valence electrons. The summed E-state index contributed by atoms with van der Waals surface area (Å²) in [7, 11) is 3.76. The van der Waals surface area contributed by atoms with Crippen molar-refractivity contribution in [3.05, 3.63) is 17.5 Å². The van der Waals surface area contributed by atoms with Gasteiger partial charge in [-0.25, -0.2) is 4.79 Å². The molecule has 17 heavy (non-hydrogen) atoms. The Morgan fingerprint density at radius 1 is 1.53 bits per heavy atom. The Morgan fingerprint density at radius 3 is 2.59 bits per heavy atom. The fourth-order valence-electron chi connectivity index (χ4n) is 1.95. The first-order valence-electron chi connectivity index (χ1n) is 5.63. The van der Waals surface area contributed by atoms with Crippen LogP contribution in [0.15, 0.2) is 6.20 Å². The van der Waals surface area contributed by atoms with Gasteiger partial charge in [-0.2, -0.15) is 5.10 Å². The molecule has 0 fully saturated rings. The molecule has 0 bridgehead atoms. The van der Waals surface area contributed by atoms with Gasteiger partial charge in [0.25, 0.3) is 0 Å². The van der Waals surface area contributed by atoms with Crippen LogP contribution in [0.25, 0.3) is 0 Å². The largest absolute Gasteiger partial charge is 0.478 e. The van der Waals surface area contributed by atoms with Gasteiger partial charge in [-0.3, -0.25) is 4.68 Å². The van der Waals surface area contributed by atoms with Crippen LogP contribution in [0.2, 0.25) is 0 Å². The number of nitrogens with zero attached hydrogens (tertiary/aromatic N) is 3. The molecule has 1 N–H and O–H groups in total. The minimum Gasteiger partial charge on any atom is -0.478 e. The second kappa shape index (κ2) is 4.87. The molecule has 0 amide bonds. The van der Waals surface area contributed by atoms with Crippen LogP contribution in [0.5, 0.6) is 0 Å². The molecule has 5 nitrogen and oxygen atoms in total. The molecule has 0 aromatic carbocycles. The first kappa shape index (κ1) is 13.7. The lowest BCUT2D eigenvalue weighted by Gasteiger charge is -2.26. The van der Waals surface area contributed by atoms with Gasteiger partial charge in [0, 0.05) is 20.1 Å². The fourth-order valence-corrected chi connectivity index (χ4v) is 1.95. The van der Waals surface area contributed by atoms with E-state index in [-0.39, 0.29) is 11.0 Å². The van der Waals surface area contributed by atoms with Crippen molar-refractivity contribution in [2.75, 3.05) is 13.6 Å². The number of carbonyl (C=O) groups is 1. The predicted octanol–water partition coefficient (Wildman–Crippen LogP) is 1.60. The monoisotopic (exact) mass is 239 g/mol. The SMILES string of the molecule is CN(Cc1c(C(=O)O)cnn1C)CC(C)(C)C. The van der Waals surface area contributed by atoms with Crippen LogP contribution in [0.4, 0.5) is 0 Å². The minimum atomic E-state index is -0.919. The van der Waals surface area contributed by atoms with Gasteiger partial charge in [0.2, 0.25) is 0 Å².